The van der Waals surface area contributed by atoms with E-state index >= 15 is 0 Å². The second kappa shape index (κ2) is 4.72. The van der Waals surface area contributed by atoms with E-state index in [1.807, 2.05) is 12.1 Å². The van der Waals surface area contributed by atoms with E-state index in [0.29, 0.717) is 11.0 Å². The highest BCUT2D eigenvalue weighted by Gasteiger charge is 2.29. The number of benzene rings is 1. The summed E-state index contributed by atoms with van der Waals surface area (Å²) in [4.78, 5) is 2.86. The van der Waals surface area contributed by atoms with Crippen molar-refractivity contribution in [2.45, 2.75) is 25.8 Å². The van der Waals surface area contributed by atoms with Gasteiger partial charge in [0.15, 0.2) is 0 Å². The fraction of sp³-hybridized carbons (Fsp3) is 0.417. The third kappa shape index (κ3) is 2.38. The summed E-state index contributed by atoms with van der Waals surface area (Å²) in [5.74, 6) is 0. The summed E-state index contributed by atoms with van der Waals surface area (Å²) in [7, 11) is 0. The molecule has 1 aliphatic rings. The van der Waals surface area contributed by atoms with Gasteiger partial charge < -0.3 is 10.6 Å². The van der Waals surface area contributed by atoms with Gasteiger partial charge in [0.2, 0.25) is 0 Å². The lowest BCUT2D eigenvalue weighted by Gasteiger charge is -2.25. The first-order valence-electron chi connectivity index (χ1n) is 5.49. The summed E-state index contributed by atoms with van der Waals surface area (Å²) in [6.07, 6.45) is 2.56. The van der Waals surface area contributed by atoms with Gasteiger partial charge in [-0.15, -0.1) is 0 Å². The van der Waals surface area contributed by atoms with Crippen molar-refractivity contribution in [3.8, 4) is 0 Å². The molecule has 4 heteroatoms. The molecule has 0 radical (unpaired) electrons. The molecule has 0 heterocycles. The van der Waals surface area contributed by atoms with Crippen LogP contribution < -0.4 is 10.6 Å². The van der Waals surface area contributed by atoms with E-state index in [4.69, 9.17) is 18.0 Å². The Morgan fingerprint density at radius 2 is 2.25 bits per heavy atom. The summed E-state index contributed by atoms with van der Waals surface area (Å²) in [6, 6.07) is 6.82. The van der Waals surface area contributed by atoms with Gasteiger partial charge in [-0.3, -0.25) is 0 Å². The number of thiocarbonyl (C=S) groups is 1. The van der Waals surface area contributed by atoms with E-state index in [2.05, 4.69) is 33.8 Å². The molecule has 1 saturated carbocycles. The quantitative estimate of drug-likeness (QED) is 0.866. The van der Waals surface area contributed by atoms with Crippen LogP contribution in [-0.4, -0.2) is 17.6 Å². The van der Waals surface area contributed by atoms with Crippen LogP contribution in [0.5, 0.6) is 0 Å². The fourth-order valence-corrected chi connectivity index (χ4v) is 2.49. The lowest BCUT2D eigenvalue weighted by Crippen LogP contribution is -2.28. The summed E-state index contributed by atoms with van der Waals surface area (Å²) < 4.78 is 1.02. The average molecular weight is 299 g/mol. The van der Waals surface area contributed by atoms with E-state index < -0.39 is 0 Å². The van der Waals surface area contributed by atoms with Crippen LogP contribution in [0.15, 0.2) is 22.7 Å². The molecular formula is C12H15BrN2S. The Bertz CT molecular complexity index is 415. The van der Waals surface area contributed by atoms with Crippen LogP contribution in [0.1, 0.15) is 25.3 Å². The Labute approximate surface area is 110 Å². The molecule has 2 rings (SSSR count). The molecule has 16 heavy (non-hydrogen) atoms. The first-order valence-corrected chi connectivity index (χ1v) is 6.69. The van der Waals surface area contributed by atoms with E-state index in [1.54, 1.807) is 0 Å². The first-order chi connectivity index (χ1) is 7.63. The van der Waals surface area contributed by atoms with Gasteiger partial charge in [0, 0.05) is 28.3 Å². The zero-order valence-electron chi connectivity index (χ0n) is 9.24. The highest BCUT2D eigenvalue weighted by Crippen LogP contribution is 2.34. The second-order valence-electron chi connectivity index (χ2n) is 4.04. The van der Waals surface area contributed by atoms with Crippen molar-refractivity contribution in [2.24, 2.45) is 5.73 Å². The van der Waals surface area contributed by atoms with E-state index in [9.17, 15) is 0 Å². The van der Waals surface area contributed by atoms with Crippen LogP contribution in [-0.2, 0) is 0 Å². The lowest BCUT2D eigenvalue weighted by molar-refractivity contribution is 0.825. The lowest BCUT2D eigenvalue weighted by atomic mass is 10.1. The highest BCUT2D eigenvalue weighted by molar-refractivity contribution is 9.10. The van der Waals surface area contributed by atoms with Gasteiger partial charge in [-0.1, -0.05) is 28.1 Å². The topological polar surface area (TPSA) is 29.3 Å². The van der Waals surface area contributed by atoms with Crippen LogP contribution in [0.4, 0.5) is 5.69 Å². The summed E-state index contributed by atoms with van der Waals surface area (Å²) in [6.45, 7) is 3.17. The minimum atomic E-state index is 0.468. The number of hydrogen-bond donors (Lipinski definition) is 1. The molecule has 0 unspecified atom stereocenters. The average Bonchev–Trinajstić information content (AvgIpc) is 3.05. The van der Waals surface area contributed by atoms with Crippen LogP contribution in [0.25, 0.3) is 0 Å². The Hall–Kier alpha value is -0.610. The standard InChI is InChI=1S/C12H15BrN2S/c1-2-15(9-4-5-9)11-6-3-8(13)7-10(11)12(14)16/h3,6-7,9H,2,4-5H2,1H3,(H2,14,16). The smallest absolute Gasteiger partial charge is 0.106 e. The zero-order chi connectivity index (χ0) is 11.7. The van der Waals surface area contributed by atoms with Crippen LogP contribution in [0.3, 0.4) is 0 Å². The molecule has 0 amide bonds. The molecule has 0 aliphatic heterocycles. The highest BCUT2D eigenvalue weighted by atomic mass is 79.9. The van der Waals surface area contributed by atoms with Gasteiger partial charge in [-0.25, -0.2) is 0 Å². The molecule has 1 aromatic rings. The zero-order valence-corrected chi connectivity index (χ0v) is 11.6. The largest absolute Gasteiger partial charge is 0.389 e. The molecule has 2 N–H and O–H groups in total. The maximum absolute atomic E-state index is 5.78. The Balaban J connectivity index is 2.41. The maximum Gasteiger partial charge on any atom is 0.106 e. The van der Waals surface area contributed by atoms with Crippen molar-refractivity contribution >= 4 is 38.8 Å². The van der Waals surface area contributed by atoms with Gasteiger partial charge >= 0.3 is 0 Å². The molecule has 0 bridgehead atoms. The second-order valence-corrected chi connectivity index (χ2v) is 5.40. The van der Waals surface area contributed by atoms with Crippen LogP contribution >= 0.6 is 28.1 Å². The number of anilines is 1. The number of nitrogens with two attached hydrogens (primary N) is 1. The van der Waals surface area contributed by atoms with Crippen molar-refractivity contribution in [3.05, 3.63) is 28.2 Å². The van der Waals surface area contributed by atoms with Crippen LogP contribution in [0.2, 0.25) is 0 Å². The molecule has 0 aromatic heterocycles. The van der Waals surface area contributed by atoms with Gasteiger partial charge in [0.05, 0.1) is 0 Å². The third-order valence-electron chi connectivity index (χ3n) is 2.86. The minimum absolute atomic E-state index is 0.468. The number of nitrogens with zero attached hydrogens (tertiary/aromatic N) is 1. The fourth-order valence-electron chi connectivity index (χ4n) is 1.97. The molecular weight excluding hydrogens is 284 g/mol. The van der Waals surface area contributed by atoms with Gasteiger partial charge in [0.25, 0.3) is 0 Å². The van der Waals surface area contributed by atoms with Gasteiger partial charge in [-0.05, 0) is 38.0 Å². The molecule has 86 valence electrons. The number of hydrogen-bond acceptors (Lipinski definition) is 2. The monoisotopic (exact) mass is 298 g/mol. The van der Waals surface area contributed by atoms with Gasteiger partial charge in [-0.2, -0.15) is 0 Å². The van der Waals surface area contributed by atoms with Crippen molar-refractivity contribution in [1.82, 2.24) is 0 Å². The third-order valence-corrected chi connectivity index (χ3v) is 3.57. The first kappa shape index (κ1) is 11.9. The molecule has 1 aliphatic carbocycles. The predicted molar refractivity (Wildman–Crippen MR) is 76.1 cm³/mol. The molecule has 2 nitrogen and oxygen atoms in total. The van der Waals surface area contributed by atoms with E-state index in [1.165, 1.54) is 18.5 Å². The summed E-state index contributed by atoms with van der Waals surface area (Å²) in [5.41, 5.74) is 7.92. The van der Waals surface area contributed by atoms with Crippen molar-refractivity contribution in [3.63, 3.8) is 0 Å². The SMILES string of the molecule is CCN(c1ccc(Br)cc1C(N)=S)C1CC1. The molecule has 0 atom stereocenters. The Morgan fingerprint density at radius 1 is 1.56 bits per heavy atom. The number of rotatable bonds is 4. The molecule has 0 saturated heterocycles. The van der Waals surface area contributed by atoms with Crippen LogP contribution in [0, 0.1) is 0 Å². The summed E-state index contributed by atoms with van der Waals surface area (Å²) in [5, 5.41) is 0. The maximum atomic E-state index is 5.78. The molecule has 1 fully saturated rings. The van der Waals surface area contributed by atoms with E-state index in [-0.39, 0.29) is 0 Å². The van der Waals surface area contributed by atoms with Crippen molar-refractivity contribution in [1.29, 1.82) is 0 Å². The normalized spacial score (nSPS) is 14.9. The summed E-state index contributed by atoms with van der Waals surface area (Å²) >= 11 is 8.57. The van der Waals surface area contributed by atoms with Gasteiger partial charge in [0.1, 0.15) is 4.99 Å². The van der Waals surface area contributed by atoms with Crippen molar-refractivity contribution < 1.29 is 0 Å². The minimum Gasteiger partial charge on any atom is -0.389 e. The van der Waals surface area contributed by atoms with Crippen molar-refractivity contribution in [2.75, 3.05) is 11.4 Å². The Morgan fingerprint density at radius 3 is 2.75 bits per heavy atom. The number of halogens is 1. The Kier molecular flexibility index (Phi) is 3.50. The molecule has 0 spiro atoms. The van der Waals surface area contributed by atoms with E-state index in [0.717, 1.165) is 16.6 Å². The predicted octanol–water partition coefficient (Wildman–Crippen LogP) is 3.07. The molecule has 1 aromatic carbocycles.